The lowest BCUT2D eigenvalue weighted by Crippen LogP contribution is -2.36. The highest BCUT2D eigenvalue weighted by Crippen LogP contribution is 2.35. The standard InChI is InChI=1S/C20H22ClF4N3O3S/c1-28(2)18(13-4-3-5-14(22)10-13)12-26-19(29)8-9-27-32(30,31)15-6-7-17(21)16(11-15)20(23,24)25/h3-7,10-11,18,27H,8-9,12H2,1-2H3,(H,26,29). The number of halogens is 5. The van der Waals surface area contributed by atoms with Crippen molar-refractivity contribution in [2.45, 2.75) is 23.5 Å². The number of likely N-dealkylation sites (N-methyl/N-ethyl adjacent to an activating group) is 1. The molecule has 32 heavy (non-hydrogen) atoms. The van der Waals surface area contributed by atoms with E-state index in [2.05, 4.69) is 10.0 Å². The highest BCUT2D eigenvalue weighted by Gasteiger charge is 2.34. The molecule has 1 atom stereocenters. The number of amides is 1. The second kappa shape index (κ2) is 10.6. The van der Waals surface area contributed by atoms with Crippen LogP contribution in [-0.2, 0) is 21.0 Å². The molecule has 0 radical (unpaired) electrons. The quantitative estimate of drug-likeness (QED) is 0.521. The fourth-order valence-electron chi connectivity index (χ4n) is 2.88. The summed E-state index contributed by atoms with van der Waals surface area (Å²) in [5.74, 6) is -0.894. The Hall–Kier alpha value is -2.21. The maximum Gasteiger partial charge on any atom is 0.417 e. The SMILES string of the molecule is CN(C)C(CNC(=O)CCNS(=O)(=O)c1ccc(Cl)c(C(F)(F)F)c1)c1cccc(F)c1. The number of carbonyl (C=O) groups excluding carboxylic acids is 1. The number of alkyl halides is 3. The van der Waals surface area contributed by atoms with E-state index >= 15 is 0 Å². The van der Waals surface area contributed by atoms with Gasteiger partial charge >= 0.3 is 6.18 Å². The predicted molar refractivity (Wildman–Crippen MR) is 112 cm³/mol. The van der Waals surface area contributed by atoms with Crippen molar-refractivity contribution in [3.63, 3.8) is 0 Å². The van der Waals surface area contributed by atoms with Gasteiger partial charge < -0.3 is 10.2 Å². The molecule has 0 aliphatic carbocycles. The van der Waals surface area contributed by atoms with Crippen LogP contribution in [-0.4, -0.2) is 46.4 Å². The molecule has 1 unspecified atom stereocenters. The van der Waals surface area contributed by atoms with Gasteiger partial charge in [0, 0.05) is 19.5 Å². The van der Waals surface area contributed by atoms with Crippen LogP contribution in [0.1, 0.15) is 23.6 Å². The molecule has 0 saturated carbocycles. The van der Waals surface area contributed by atoms with Crippen LogP contribution in [0.3, 0.4) is 0 Å². The molecule has 176 valence electrons. The minimum Gasteiger partial charge on any atom is -0.354 e. The topological polar surface area (TPSA) is 78.5 Å². The first kappa shape index (κ1) is 26.0. The smallest absolute Gasteiger partial charge is 0.354 e. The van der Waals surface area contributed by atoms with E-state index in [1.54, 1.807) is 31.1 Å². The summed E-state index contributed by atoms with van der Waals surface area (Å²) < 4.78 is 79.0. The molecule has 2 aromatic carbocycles. The Kier molecular flexibility index (Phi) is 8.63. The van der Waals surface area contributed by atoms with Crippen LogP contribution >= 0.6 is 11.6 Å². The average Bonchev–Trinajstić information content (AvgIpc) is 2.67. The molecular weight excluding hydrogens is 474 g/mol. The second-order valence-corrected chi connectivity index (χ2v) is 9.30. The fraction of sp³-hybridized carbons (Fsp3) is 0.350. The van der Waals surface area contributed by atoms with Crippen molar-refractivity contribution in [1.29, 1.82) is 0 Å². The molecule has 0 saturated heterocycles. The van der Waals surface area contributed by atoms with Gasteiger partial charge in [0.25, 0.3) is 0 Å². The number of sulfonamides is 1. The van der Waals surface area contributed by atoms with Crippen molar-refractivity contribution in [1.82, 2.24) is 14.9 Å². The molecule has 1 amide bonds. The highest BCUT2D eigenvalue weighted by molar-refractivity contribution is 7.89. The molecule has 0 spiro atoms. The molecule has 0 heterocycles. The molecule has 2 rings (SSSR count). The lowest BCUT2D eigenvalue weighted by atomic mass is 10.1. The van der Waals surface area contributed by atoms with Crippen molar-refractivity contribution in [3.05, 3.63) is 64.4 Å². The van der Waals surface area contributed by atoms with Gasteiger partial charge in [-0.25, -0.2) is 17.5 Å². The molecule has 0 aliphatic rings. The lowest BCUT2D eigenvalue weighted by molar-refractivity contribution is -0.137. The summed E-state index contributed by atoms with van der Waals surface area (Å²) in [6.07, 6.45) is -5.06. The predicted octanol–water partition coefficient (Wildman–Crippen LogP) is 3.59. The summed E-state index contributed by atoms with van der Waals surface area (Å²) in [5.41, 5.74) is -0.619. The first-order valence-corrected chi connectivity index (χ1v) is 11.2. The van der Waals surface area contributed by atoms with E-state index in [0.717, 1.165) is 12.1 Å². The van der Waals surface area contributed by atoms with Gasteiger partial charge in [-0.2, -0.15) is 13.2 Å². The van der Waals surface area contributed by atoms with Crippen LogP contribution in [0.4, 0.5) is 17.6 Å². The monoisotopic (exact) mass is 495 g/mol. The van der Waals surface area contributed by atoms with Gasteiger partial charge in [-0.15, -0.1) is 0 Å². The Morgan fingerprint density at radius 3 is 2.44 bits per heavy atom. The number of carbonyl (C=O) groups is 1. The Morgan fingerprint density at radius 2 is 1.84 bits per heavy atom. The number of benzene rings is 2. The van der Waals surface area contributed by atoms with Crippen molar-refractivity contribution >= 4 is 27.5 Å². The molecule has 12 heteroatoms. The first-order chi connectivity index (χ1) is 14.8. The third-order valence-corrected chi connectivity index (χ3v) is 6.34. The van der Waals surface area contributed by atoms with Gasteiger partial charge in [0.2, 0.25) is 15.9 Å². The van der Waals surface area contributed by atoms with Gasteiger partial charge in [-0.05, 0) is 50.0 Å². The van der Waals surface area contributed by atoms with Crippen molar-refractivity contribution in [2.75, 3.05) is 27.2 Å². The molecule has 0 bridgehead atoms. The average molecular weight is 496 g/mol. The molecule has 6 nitrogen and oxygen atoms in total. The van der Waals surface area contributed by atoms with E-state index in [1.165, 1.54) is 12.1 Å². The van der Waals surface area contributed by atoms with Crippen molar-refractivity contribution in [2.24, 2.45) is 0 Å². The summed E-state index contributed by atoms with van der Waals surface area (Å²) >= 11 is 5.50. The van der Waals surface area contributed by atoms with Crippen LogP contribution in [0.2, 0.25) is 5.02 Å². The molecule has 2 aromatic rings. The maximum absolute atomic E-state index is 13.5. The summed E-state index contributed by atoms with van der Waals surface area (Å²) in [4.78, 5) is 13.3. The Labute approximate surface area is 188 Å². The zero-order valence-electron chi connectivity index (χ0n) is 17.2. The Morgan fingerprint density at radius 1 is 1.16 bits per heavy atom. The summed E-state index contributed by atoms with van der Waals surface area (Å²) in [6.45, 7) is -0.182. The van der Waals surface area contributed by atoms with E-state index in [9.17, 15) is 30.8 Å². The number of hydrogen-bond acceptors (Lipinski definition) is 4. The maximum atomic E-state index is 13.5. The van der Waals surface area contributed by atoms with E-state index in [-0.39, 0.29) is 25.6 Å². The van der Waals surface area contributed by atoms with Crippen LogP contribution < -0.4 is 10.0 Å². The zero-order valence-corrected chi connectivity index (χ0v) is 18.8. The highest BCUT2D eigenvalue weighted by atomic mass is 35.5. The van der Waals surface area contributed by atoms with E-state index in [1.807, 2.05) is 0 Å². The fourth-order valence-corrected chi connectivity index (χ4v) is 4.16. The number of rotatable bonds is 9. The number of nitrogens with zero attached hydrogens (tertiary/aromatic N) is 1. The summed E-state index contributed by atoms with van der Waals surface area (Å²) in [6, 6.07) is 7.84. The van der Waals surface area contributed by atoms with E-state index in [4.69, 9.17) is 11.6 Å². The van der Waals surface area contributed by atoms with Crippen molar-refractivity contribution in [3.8, 4) is 0 Å². The molecule has 2 N–H and O–H groups in total. The minimum atomic E-state index is -4.81. The van der Waals surface area contributed by atoms with Gasteiger partial charge in [0.1, 0.15) is 5.82 Å². The van der Waals surface area contributed by atoms with Gasteiger partial charge in [0.05, 0.1) is 21.5 Å². The largest absolute Gasteiger partial charge is 0.417 e. The minimum absolute atomic E-state index is 0.147. The molecule has 0 aromatic heterocycles. The summed E-state index contributed by atoms with van der Waals surface area (Å²) in [5, 5.41) is 2.02. The van der Waals surface area contributed by atoms with Crippen LogP contribution in [0.5, 0.6) is 0 Å². The zero-order chi connectivity index (χ0) is 24.1. The van der Waals surface area contributed by atoms with Gasteiger partial charge in [-0.1, -0.05) is 23.7 Å². The molecule has 0 aliphatic heterocycles. The van der Waals surface area contributed by atoms with Crippen LogP contribution in [0, 0.1) is 5.82 Å². The van der Waals surface area contributed by atoms with Crippen LogP contribution in [0.25, 0.3) is 0 Å². The lowest BCUT2D eigenvalue weighted by Gasteiger charge is -2.25. The Bertz CT molecular complexity index is 1060. The van der Waals surface area contributed by atoms with Gasteiger partial charge in [0.15, 0.2) is 0 Å². The Balaban J connectivity index is 1.94. The van der Waals surface area contributed by atoms with E-state index in [0.29, 0.717) is 11.6 Å². The molecule has 0 fully saturated rings. The summed E-state index contributed by atoms with van der Waals surface area (Å²) in [7, 11) is -0.764. The number of nitrogens with one attached hydrogen (secondary N) is 2. The molecular formula is C20H22ClF4N3O3S. The third-order valence-electron chi connectivity index (χ3n) is 4.55. The van der Waals surface area contributed by atoms with Gasteiger partial charge in [-0.3, -0.25) is 4.79 Å². The van der Waals surface area contributed by atoms with Crippen LogP contribution in [0.15, 0.2) is 47.4 Å². The number of hydrogen-bond donors (Lipinski definition) is 2. The normalized spacial score (nSPS) is 13.2. The third kappa shape index (κ3) is 7.16. The van der Waals surface area contributed by atoms with E-state index < -0.39 is 43.4 Å². The second-order valence-electron chi connectivity index (χ2n) is 7.13. The first-order valence-electron chi connectivity index (χ1n) is 9.36. The van der Waals surface area contributed by atoms with Crippen molar-refractivity contribution < 1.29 is 30.8 Å².